The number of rotatable bonds is 5. The summed E-state index contributed by atoms with van der Waals surface area (Å²) in [5.74, 6) is 0.296. The van der Waals surface area contributed by atoms with E-state index in [9.17, 15) is 4.79 Å². The van der Waals surface area contributed by atoms with Crippen molar-refractivity contribution in [1.82, 2.24) is 15.0 Å². The van der Waals surface area contributed by atoms with Crippen LogP contribution in [0.15, 0.2) is 60.1 Å². The van der Waals surface area contributed by atoms with E-state index in [0.29, 0.717) is 27.4 Å². The fourth-order valence-corrected chi connectivity index (χ4v) is 4.24. The Kier molecular flexibility index (Phi) is 5.89. The number of amides is 1. The molecule has 3 heterocycles. The molecule has 4 aromatic rings. The Bertz CT molecular complexity index is 1200. The number of carbonyl (C=O) groups excluding carboxylic acids is 1. The highest BCUT2D eigenvalue weighted by Gasteiger charge is 2.21. The summed E-state index contributed by atoms with van der Waals surface area (Å²) in [5, 5.41) is 5.78. The smallest absolute Gasteiger partial charge is 0.278 e. The van der Waals surface area contributed by atoms with Crippen molar-refractivity contribution < 1.29 is 9.53 Å². The van der Waals surface area contributed by atoms with Gasteiger partial charge in [-0.3, -0.25) is 10.1 Å². The maximum Gasteiger partial charge on any atom is 0.278 e. The topological polar surface area (TPSA) is 83.1 Å². The van der Waals surface area contributed by atoms with Gasteiger partial charge >= 0.3 is 0 Å². The summed E-state index contributed by atoms with van der Waals surface area (Å²) in [4.78, 5) is 27.4. The zero-order valence-electron chi connectivity index (χ0n) is 17.0. The van der Waals surface area contributed by atoms with Crippen molar-refractivity contribution in [1.29, 1.82) is 0 Å². The van der Waals surface area contributed by atoms with Crippen LogP contribution in [0.3, 0.4) is 0 Å². The van der Waals surface area contributed by atoms with Crippen molar-refractivity contribution in [3.63, 3.8) is 0 Å². The summed E-state index contributed by atoms with van der Waals surface area (Å²) < 4.78 is 5.43. The third kappa shape index (κ3) is 4.38. The van der Waals surface area contributed by atoms with Gasteiger partial charge in [-0.1, -0.05) is 23.7 Å². The monoisotopic (exact) mass is 465 g/mol. The molecule has 0 radical (unpaired) electrons. The van der Waals surface area contributed by atoms with Crippen LogP contribution >= 0.6 is 22.9 Å². The minimum atomic E-state index is -0.322. The number of imidazole rings is 1. The Morgan fingerprint density at radius 1 is 1.06 bits per heavy atom. The molecule has 0 saturated carbocycles. The second-order valence-corrected chi connectivity index (χ2v) is 8.58. The highest BCUT2D eigenvalue weighted by Crippen LogP contribution is 2.29. The molecule has 1 aliphatic heterocycles. The molecule has 0 bridgehead atoms. The molecule has 1 saturated heterocycles. The van der Waals surface area contributed by atoms with Gasteiger partial charge in [-0.15, -0.1) is 11.3 Å². The zero-order valence-corrected chi connectivity index (χ0v) is 18.6. The van der Waals surface area contributed by atoms with Gasteiger partial charge in [0.05, 0.1) is 18.9 Å². The number of benzene rings is 2. The first-order valence-electron chi connectivity index (χ1n) is 10.2. The number of nitrogens with zero attached hydrogens (tertiary/aromatic N) is 3. The Balaban J connectivity index is 1.48. The zero-order chi connectivity index (χ0) is 21.9. The Morgan fingerprint density at radius 3 is 2.47 bits per heavy atom. The molecule has 32 heavy (non-hydrogen) atoms. The quantitative estimate of drug-likeness (QED) is 0.436. The van der Waals surface area contributed by atoms with E-state index >= 15 is 0 Å². The number of hydrogen-bond acceptors (Lipinski definition) is 6. The van der Waals surface area contributed by atoms with Crippen molar-refractivity contribution in [3.8, 4) is 22.6 Å². The van der Waals surface area contributed by atoms with Gasteiger partial charge in [0.2, 0.25) is 0 Å². The van der Waals surface area contributed by atoms with Gasteiger partial charge in [-0.25, -0.2) is 9.97 Å². The van der Waals surface area contributed by atoms with Crippen molar-refractivity contribution in [2.45, 2.75) is 0 Å². The van der Waals surface area contributed by atoms with Crippen molar-refractivity contribution in [2.24, 2.45) is 0 Å². The van der Waals surface area contributed by atoms with Crippen LogP contribution in [0, 0.1) is 0 Å². The minimum absolute atomic E-state index is 0.301. The number of hydrogen-bond donors (Lipinski definition) is 2. The fourth-order valence-electron chi connectivity index (χ4n) is 3.59. The maximum absolute atomic E-state index is 13.0. The first kappa shape index (κ1) is 20.7. The van der Waals surface area contributed by atoms with Crippen molar-refractivity contribution in [3.05, 3.63) is 70.8 Å². The molecule has 0 unspecified atom stereocenters. The molecule has 9 heteroatoms. The van der Waals surface area contributed by atoms with Crippen LogP contribution in [0.1, 0.15) is 10.5 Å². The van der Waals surface area contributed by atoms with Crippen LogP contribution < -0.4 is 10.2 Å². The van der Waals surface area contributed by atoms with Gasteiger partial charge in [0.25, 0.3) is 5.91 Å². The van der Waals surface area contributed by atoms with Crippen molar-refractivity contribution in [2.75, 3.05) is 36.5 Å². The number of ether oxygens (including phenoxy) is 1. The van der Waals surface area contributed by atoms with Gasteiger partial charge in [-0.05, 0) is 36.4 Å². The lowest BCUT2D eigenvalue weighted by molar-refractivity contribution is 0.102. The highest BCUT2D eigenvalue weighted by atomic mass is 35.5. The lowest BCUT2D eigenvalue weighted by Gasteiger charge is -2.28. The fraction of sp³-hybridized carbons (Fsp3) is 0.174. The van der Waals surface area contributed by atoms with Crippen LogP contribution in [0.4, 0.5) is 10.8 Å². The lowest BCUT2D eigenvalue weighted by atomic mass is 10.1. The number of nitrogens with one attached hydrogen (secondary N) is 2. The van der Waals surface area contributed by atoms with E-state index in [2.05, 4.69) is 37.3 Å². The Morgan fingerprint density at radius 2 is 1.78 bits per heavy atom. The van der Waals surface area contributed by atoms with E-state index in [0.717, 1.165) is 43.1 Å². The van der Waals surface area contributed by atoms with E-state index in [4.69, 9.17) is 16.3 Å². The summed E-state index contributed by atoms with van der Waals surface area (Å²) in [7, 11) is 0. The molecule has 162 valence electrons. The molecule has 1 amide bonds. The summed E-state index contributed by atoms with van der Waals surface area (Å²) in [6.07, 6.45) is 1.65. The van der Waals surface area contributed by atoms with Gasteiger partial charge in [0.1, 0.15) is 5.82 Å². The molecule has 0 spiro atoms. The third-order valence-corrected chi connectivity index (χ3v) is 6.16. The SMILES string of the molecule is O=C(Nc1nccs1)c1nc(-c2ccc(N3CCOCC3)cc2)[nH]c1-c1ccc(Cl)cc1. The Labute approximate surface area is 194 Å². The molecular formula is C23H20ClN5O2S. The normalized spacial score (nSPS) is 13.8. The number of carbonyl (C=O) groups is 1. The van der Waals surface area contributed by atoms with Crippen LogP contribution in [0.5, 0.6) is 0 Å². The average Bonchev–Trinajstić information content (AvgIpc) is 3.51. The number of morpholine rings is 1. The standard InChI is InChI=1S/C23H20ClN5O2S/c24-17-5-1-15(2-6-17)19-20(22(30)28-23-25-9-14-32-23)27-21(26-19)16-3-7-18(8-4-16)29-10-12-31-13-11-29/h1-9,14H,10-13H2,(H,26,27)(H,25,28,30). The van der Waals surface area contributed by atoms with Crippen LogP contribution in [0.25, 0.3) is 22.6 Å². The Hall–Kier alpha value is -3.20. The predicted molar refractivity (Wildman–Crippen MR) is 128 cm³/mol. The second kappa shape index (κ2) is 9.12. The summed E-state index contributed by atoms with van der Waals surface area (Å²) in [6.45, 7) is 3.23. The summed E-state index contributed by atoms with van der Waals surface area (Å²) >= 11 is 7.41. The number of aromatic nitrogens is 3. The van der Waals surface area contributed by atoms with E-state index in [-0.39, 0.29) is 5.91 Å². The average molecular weight is 466 g/mol. The van der Waals surface area contributed by atoms with E-state index in [1.54, 1.807) is 18.3 Å². The van der Waals surface area contributed by atoms with Gasteiger partial charge < -0.3 is 14.6 Å². The molecule has 0 aliphatic carbocycles. The second-order valence-electron chi connectivity index (χ2n) is 7.25. The molecule has 0 atom stereocenters. The number of anilines is 2. The number of halogens is 1. The van der Waals surface area contributed by atoms with Gasteiger partial charge in [-0.2, -0.15) is 0 Å². The summed E-state index contributed by atoms with van der Waals surface area (Å²) in [5.41, 5.74) is 3.79. The first-order valence-corrected chi connectivity index (χ1v) is 11.4. The van der Waals surface area contributed by atoms with E-state index < -0.39 is 0 Å². The number of H-pyrrole nitrogens is 1. The molecule has 1 aliphatic rings. The molecule has 2 aromatic heterocycles. The molecule has 2 aromatic carbocycles. The van der Waals surface area contributed by atoms with E-state index in [1.807, 2.05) is 29.6 Å². The summed E-state index contributed by atoms with van der Waals surface area (Å²) in [6, 6.07) is 15.5. The lowest BCUT2D eigenvalue weighted by Crippen LogP contribution is -2.36. The molecule has 2 N–H and O–H groups in total. The van der Waals surface area contributed by atoms with Crippen LogP contribution in [-0.2, 0) is 4.74 Å². The van der Waals surface area contributed by atoms with Crippen LogP contribution in [-0.4, -0.2) is 47.2 Å². The van der Waals surface area contributed by atoms with Gasteiger partial charge in [0, 0.05) is 46.5 Å². The van der Waals surface area contributed by atoms with Crippen LogP contribution in [0.2, 0.25) is 5.02 Å². The first-order chi connectivity index (χ1) is 15.7. The predicted octanol–water partition coefficient (Wildman–Crippen LogP) is 4.94. The van der Waals surface area contributed by atoms with E-state index in [1.165, 1.54) is 11.3 Å². The third-order valence-electron chi connectivity index (χ3n) is 5.22. The van der Waals surface area contributed by atoms with Gasteiger partial charge in [0.15, 0.2) is 10.8 Å². The highest BCUT2D eigenvalue weighted by molar-refractivity contribution is 7.13. The minimum Gasteiger partial charge on any atom is -0.378 e. The maximum atomic E-state index is 13.0. The van der Waals surface area contributed by atoms with Crippen molar-refractivity contribution >= 4 is 39.7 Å². The molecule has 5 rings (SSSR count). The largest absolute Gasteiger partial charge is 0.378 e. The molecular weight excluding hydrogens is 446 g/mol. The molecule has 7 nitrogen and oxygen atoms in total. The molecule has 1 fully saturated rings. The number of aromatic amines is 1. The number of thiazole rings is 1.